The van der Waals surface area contributed by atoms with E-state index in [9.17, 15) is 0 Å². The van der Waals surface area contributed by atoms with Crippen molar-refractivity contribution in [3.63, 3.8) is 0 Å². The third-order valence-corrected chi connectivity index (χ3v) is 5.92. The second-order valence-corrected chi connectivity index (χ2v) is 8.13. The molecule has 0 amide bonds. The van der Waals surface area contributed by atoms with Crippen molar-refractivity contribution in [1.82, 2.24) is 9.88 Å². The molecule has 4 nitrogen and oxygen atoms in total. The Kier molecular flexibility index (Phi) is 5.17. The fraction of sp³-hybridized carbons (Fsp3) is 0.550. The Bertz CT molecular complexity index is 691. The van der Waals surface area contributed by atoms with Crippen molar-refractivity contribution in [2.45, 2.75) is 51.0 Å². The van der Waals surface area contributed by atoms with Crippen LogP contribution >= 0.6 is 11.3 Å². The van der Waals surface area contributed by atoms with E-state index >= 15 is 0 Å². The first kappa shape index (κ1) is 17.2. The van der Waals surface area contributed by atoms with Crippen LogP contribution in [-0.2, 0) is 22.6 Å². The van der Waals surface area contributed by atoms with E-state index in [4.69, 9.17) is 9.47 Å². The van der Waals surface area contributed by atoms with Gasteiger partial charge in [0.25, 0.3) is 0 Å². The zero-order chi connectivity index (χ0) is 17.1. The van der Waals surface area contributed by atoms with Crippen molar-refractivity contribution in [2.24, 2.45) is 0 Å². The Hall–Kier alpha value is -1.27. The number of piperidine rings is 1. The minimum atomic E-state index is -0.0149. The summed E-state index contributed by atoms with van der Waals surface area (Å²) in [6, 6.07) is 8.31. The lowest BCUT2D eigenvalue weighted by Gasteiger charge is -2.39. The van der Waals surface area contributed by atoms with Crippen molar-refractivity contribution in [1.29, 1.82) is 0 Å². The Morgan fingerprint density at radius 3 is 3.20 bits per heavy atom. The maximum absolute atomic E-state index is 6.27. The molecule has 0 unspecified atom stereocenters. The molecule has 4 heterocycles. The Labute approximate surface area is 153 Å². The maximum atomic E-state index is 6.27. The van der Waals surface area contributed by atoms with Gasteiger partial charge in [0.1, 0.15) is 0 Å². The summed E-state index contributed by atoms with van der Waals surface area (Å²) in [6.07, 6.45) is 3.54. The number of nitrogens with zero attached hydrogens (tertiary/aromatic N) is 2. The zero-order valence-electron chi connectivity index (χ0n) is 14.8. The summed E-state index contributed by atoms with van der Waals surface area (Å²) in [5, 5.41) is 4.40. The second-order valence-electron chi connectivity index (χ2n) is 7.35. The van der Waals surface area contributed by atoms with Gasteiger partial charge in [-0.25, -0.2) is 0 Å². The molecular weight excluding hydrogens is 332 g/mol. The van der Waals surface area contributed by atoms with Gasteiger partial charge in [0.2, 0.25) is 0 Å². The van der Waals surface area contributed by atoms with Crippen molar-refractivity contribution >= 4 is 11.3 Å². The number of ether oxygens (including phenoxy) is 2. The van der Waals surface area contributed by atoms with Crippen LogP contribution in [0.2, 0.25) is 0 Å². The van der Waals surface area contributed by atoms with Crippen LogP contribution in [0, 0.1) is 6.92 Å². The van der Waals surface area contributed by atoms with Crippen LogP contribution in [0.4, 0.5) is 0 Å². The van der Waals surface area contributed by atoms with Crippen LogP contribution < -0.4 is 0 Å². The van der Waals surface area contributed by atoms with Crippen LogP contribution in [0.15, 0.2) is 35.0 Å². The fourth-order valence-corrected chi connectivity index (χ4v) is 4.70. The highest BCUT2D eigenvalue weighted by atomic mass is 32.1. The first-order valence-corrected chi connectivity index (χ1v) is 10.1. The molecule has 2 atom stereocenters. The molecule has 0 aromatic carbocycles. The van der Waals surface area contributed by atoms with Crippen LogP contribution in [-0.4, -0.2) is 41.3 Å². The number of rotatable bonds is 5. The quantitative estimate of drug-likeness (QED) is 0.814. The topological polar surface area (TPSA) is 34.6 Å². The molecule has 0 aliphatic carbocycles. The van der Waals surface area contributed by atoms with E-state index in [0.29, 0.717) is 13.2 Å². The van der Waals surface area contributed by atoms with E-state index in [1.165, 1.54) is 18.5 Å². The Morgan fingerprint density at radius 1 is 1.40 bits per heavy atom. The number of aryl methyl sites for hydroxylation is 1. The molecule has 2 aliphatic heterocycles. The smallest absolute Gasteiger partial charge is 0.0892 e. The standard InChI is InChI=1S/C20H26N2O2S/c1-16-4-2-5-18(21-16)12-23-19-10-20(24-13-19)7-3-8-22(15-20)11-17-6-9-25-14-17/h2,4-6,9,14,19H,3,7-8,10-13,15H2,1H3/t19-,20-/m0/s1. The molecule has 2 aliphatic rings. The molecule has 134 valence electrons. The predicted octanol–water partition coefficient (Wildman–Crippen LogP) is 3.79. The van der Waals surface area contributed by atoms with Gasteiger partial charge in [0, 0.05) is 25.2 Å². The number of hydrogen-bond donors (Lipinski definition) is 0. The normalized spacial score (nSPS) is 27.2. The molecule has 0 saturated carbocycles. The average Bonchev–Trinajstić information content (AvgIpc) is 3.24. The van der Waals surface area contributed by atoms with E-state index in [-0.39, 0.29) is 11.7 Å². The first-order chi connectivity index (χ1) is 12.2. The van der Waals surface area contributed by atoms with Crippen LogP contribution in [0.3, 0.4) is 0 Å². The summed E-state index contributed by atoms with van der Waals surface area (Å²) in [5.41, 5.74) is 3.44. The number of pyridine rings is 1. The number of hydrogen-bond acceptors (Lipinski definition) is 5. The predicted molar refractivity (Wildman–Crippen MR) is 99.7 cm³/mol. The van der Waals surface area contributed by atoms with E-state index in [1.54, 1.807) is 11.3 Å². The zero-order valence-corrected chi connectivity index (χ0v) is 15.6. The fourth-order valence-electron chi connectivity index (χ4n) is 4.04. The van der Waals surface area contributed by atoms with Gasteiger partial charge in [0.15, 0.2) is 0 Å². The van der Waals surface area contributed by atoms with Crippen molar-refractivity contribution in [3.05, 3.63) is 52.0 Å². The molecule has 25 heavy (non-hydrogen) atoms. The highest BCUT2D eigenvalue weighted by Crippen LogP contribution is 2.36. The van der Waals surface area contributed by atoms with E-state index < -0.39 is 0 Å². The molecule has 0 N–H and O–H groups in total. The summed E-state index contributed by atoms with van der Waals surface area (Å²) >= 11 is 1.77. The minimum absolute atomic E-state index is 0.0149. The molecule has 2 saturated heterocycles. The lowest BCUT2D eigenvalue weighted by Crippen LogP contribution is -2.47. The number of thiophene rings is 1. The molecule has 0 bridgehead atoms. The molecule has 2 aromatic heterocycles. The molecule has 2 fully saturated rings. The van der Waals surface area contributed by atoms with Gasteiger partial charge in [0.05, 0.1) is 30.6 Å². The monoisotopic (exact) mass is 358 g/mol. The molecular formula is C20H26N2O2S. The second kappa shape index (κ2) is 7.54. The summed E-state index contributed by atoms with van der Waals surface area (Å²) in [7, 11) is 0. The third kappa shape index (κ3) is 4.29. The van der Waals surface area contributed by atoms with Gasteiger partial charge in [-0.1, -0.05) is 6.07 Å². The van der Waals surface area contributed by atoms with Crippen molar-refractivity contribution < 1.29 is 9.47 Å². The first-order valence-electron chi connectivity index (χ1n) is 9.12. The van der Waals surface area contributed by atoms with Crippen LogP contribution in [0.25, 0.3) is 0 Å². The summed E-state index contributed by atoms with van der Waals surface area (Å²) in [5.74, 6) is 0. The maximum Gasteiger partial charge on any atom is 0.0892 e. The van der Waals surface area contributed by atoms with Crippen LogP contribution in [0.1, 0.15) is 36.2 Å². The van der Waals surface area contributed by atoms with Gasteiger partial charge in [-0.3, -0.25) is 9.88 Å². The van der Waals surface area contributed by atoms with Gasteiger partial charge in [-0.15, -0.1) is 0 Å². The molecule has 1 spiro atoms. The van der Waals surface area contributed by atoms with Gasteiger partial charge in [-0.05, 0) is 60.8 Å². The largest absolute Gasteiger partial charge is 0.371 e. The van der Waals surface area contributed by atoms with E-state index in [2.05, 4.69) is 26.7 Å². The van der Waals surface area contributed by atoms with Crippen molar-refractivity contribution in [3.8, 4) is 0 Å². The highest BCUT2D eigenvalue weighted by Gasteiger charge is 2.43. The highest BCUT2D eigenvalue weighted by molar-refractivity contribution is 7.07. The average molecular weight is 359 g/mol. The number of likely N-dealkylation sites (tertiary alicyclic amines) is 1. The summed E-state index contributed by atoms with van der Waals surface area (Å²) in [4.78, 5) is 7.06. The lowest BCUT2D eigenvalue weighted by atomic mass is 9.89. The van der Waals surface area contributed by atoms with Crippen LogP contribution in [0.5, 0.6) is 0 Å². The molecule has 4 rings (SSSR count). The molecule has 5 heteroatoms. The lowest BCUT2D eigenvalue weighted by molar-refractivity contribution is -0.0548. The van der Waals surface area contributed by atoms with E-state index in [0.717, 1.165) is 37.3 Å². The van der Waals surface area contributed by atoms with Gasteiger partial charge < -0.3 is 9.47 Å². The SMILES string of the molecule is Cc1cccc(CO[C@@H]2CO[C@@]3(CCCN(Cc4ccsc4)C3)C2)n1. The number of aromatic nitrogens is 1. The summed E-state index contributed by atoms with van der Waals surface area (Å²) in [6.45, 7) is 6.52. The van der Waals surface area contributed by atoms with Gasteiger partial charge >= 0.3 is 0 Å². The minimum Gasteiger partial charge on any atom is -0.371 e. The molecule has 0 radical (unpaired) electrons. The molecule has 2 aromatic rings. The van der Waals surface area contributed by atoms with E-state index in [1.807, 2.05) is 25.1 Å². The third-order valence-electron chi connectivity index (χ3n) is 5.19. The Morgan fingerprint density at radius 2 is 2.36 bits per heavy atom. The Balaban J connectivity index is 1.31. The van der Waals surface area contributed by atoms with Crippen molar-refractivity contribution in [2.75, 3.05) is 19.7 Å². The summed E-state index contributed by atoms with van der Waals surface area (Å²) < 4.78 is 12.4. The van der Waals surface area contributed by atoms with Gasteiger partial charge in [-0.2, -0.15) is 11.3 Å².